The zero-order valence-corrected chi connectivity index (χ0v) is 23.8. The third-order valence-corrected chi connectivity index (χ3v) is 7.81. The molecule has 1 N–H and O–H groups in total. The molecule has 1 atom stereocenters. The van der Waals surface area contributed by atoms with E-state index in [2.05, 4.69) is 23.7 Å². The first-order chi connectivity index (χ1) is 19.0. The molecule has 0 spiro atoms. The van der Waals surface area contributed by atoms with Crippen molar-refractivity contribution in [3.05, 3.63) is 93.6 Å². The van der Waals surface area contributed by atoms with E-state index in [1.807, 2.05) is 42.5 Å². The topological polar surface area (TPSA) is 57.8 Å². The number of fused-ring (bicyclic) bond motifs is 3. The quantitative estimate of drug-likeness (QED) is 0.211. The number of nitrogens with zero attached hydrogens (tertiary/aromatic N) is 2. The number of carbonyl (C=O) groups is 1. The Morgan fingerprint density at radius 2 is 1.67 bits per heavy atom. The number of hydrogen-bond donors (Lipinski definition) is 1. The third-order valence-electron chi connectivity index (χ3n) is 7.32. The van der Waals surface area contributed by atoms with Crippen LogP contribution in [0.3, 0.4) is 0 Å². The summed E-state index contributed by atoms with van der Waals surface area (Å²) in [6, 6.07) is 20.3. The largest absolute Gasteiger partial charge is 0.494 e. The van der Waals surface area contributed by atoms with Gasteiger partial charge in [0.05, 0.1) is 6.61 Å². The molecule has 0 saturated carbocycles. The Balaban J connectivity index is 1.40. The van der Waals surface area contributed by atoms with Crippen molar-refractivity contribution in [3.63, 3.8) is 0 Å². The second kappa shape index (κ2) is 12.3. The van der Waals surface area contributed by atoms with E-state index in [-0.39, 0.29) is 6.04 Å². The average molecular weight is 567 g/mol. The van der Waals surface area contributed by atoms with Crippen molar-refractivity contribution in [2.75, 3.05) is 32.8 Å². The first-order valence-electron chi connectivity index (χ1n) is 13.5. The summed E-state index contributed by atoms with van der Waals surface area (Å²) in [4.78, 5) is 21.2. The van der Waals surface area contributed by atoms with Gasteiger partial charge < -0.3 is 19.4 Å². The highest BCUT2D eigenvalue weighted by atomic mass is 35.5. The van der Waals surface area contributed by atoms with Crippen LogP contribution in [0.15, 0.2) is 66.7 Å². The molecule has 5 rings (SSSR count). The van der Waals surface area contributed by atoms with Crippen molar-refractivity contribution in [2.45, 2.75) is 32.7 Å². The number of ether oxygens (including phenoxy) is 2. The number of benzene rings is 3. The van der Waals surface area contributed by atoms with Crippen molar-refractivity contribution in [3.8, 4) is 11.5 Å². The van der Waals surface area contributed by atoms with Crippen molar-refractivity contribution in [1.29, 1.82) is 0 Å². The molecule has 4 aromatic rings. The lowest BCUT2D eigenvalue weighted by Gasteiger charge is -2.35. The van der Waals surface area contributed by atoms with Gasteiger partial charge in [-0.3, -0.25) is 4.90 Å². The van der Waals surface area contributed by atoms with Gasteiger partial charge in [-0.15, -0.1) is 0 Å². The molecule has 1 amide bonds. The molecule has 6 nitrogen and oxygen atoms in total. The Morgan fingerprint density at radius 3 is 2.38 bits per heavy atom. The lowest BCUT2D eigenvalue weighted by atomic mass is 9.92. The van der Waals surface area contributed by atoms with E-state index in [4.69, 9.17) is 32.7 Å². The molecule has 0 radical (unpaired) electrons. The van der Waals surface area contributed by atoms with Gasteiger partial charge in [0.1, 0.15) is 17.5 Å². The number of nitrogens with one attached hydrogen (secondary N) is 1. The fourth-order valence-electron chi connectivity index (χ4n) is 5.23. The Morgan fingerprint density at radius 1 is 0.974 bits per heavy atom. The highest BCUT2D eigenvalue weighted by Gasteiger charge is 2.35. The molecule has 1 aliphatic rings. The number of rotatable bonds is 9. The Hall–Kier alpha value is -3.19. The number of aromatic nitrogens is 1. The number of hydrogen-bond acceptors (Lipinski definition) is 4. The Bertz CT molecular complexity index is 1420. The minimum Gasteiger partial charge on any atom is -0.494 e. The summed E-state index contributed by atoms with van der Waals surface area (Å²) in [6.07, 6.45) is 1.24. The molecule has 0 aliphatic carbocycles. The number of amides is 1. The van der Waals surface area contributed by atoms with E-state index >= 15 is 0 Å². The molecule has 204 valence electrons. The standard InChI is InChI=1S/C31H33Cl2N3O3/c1-3-35(4-2)17-5-19-38-24-11-6-21(7-12-24)30-29-26(27-20-23(33)10-15-28(27)34-29)16-18-36(30)31(37)39-25-13-8-22(32)9-14-25/h6-15,20,30,34H,3-5,16-19H2,1-2H3. The van der Waals surface area contributed by atoms with Gasteiger partial charge in [-0.1, -0.05) is 49.2 Å². The third kappa shape index (κ3) is 6.19. The maximum atomic E-state index is 13.5. The zero-order chi connectivity index (χ0) is 27.4. The van der Waals surface area contributed by atoms with Gasteiger partial charge >= 0.3 is 6.09 Å². The van der Waals surface area contributed by atoms with Gasteiger partial charge in [0, 0.05) is 39.7 Å². The summed E-state index contributed by atoms with van der Waals surface area (Å²) < 4.78 is 11.8. The van der Waals surface area contributed by atoms with E-state index in [1.165, 1.54) is 5.56 Å². The van der Waals surface area contributed by atoms with Crippen molar-refractivity contribution in [1.82, 2.24) is 14.8 Å². The predicted octanol–water partition coefficient (Wildman–Crippen LogP) is 7.73. The molecule has 0 fully saturated rings. The first-order valence-corrected chi connectivity index (χ1v) is 14.2. The molecule has 1 aliphatic heterocycles. The normalized spacial score (nSPS) is 15.0. The number of carbonyl (C=O) groups excluding carboxylic acids is 1. The fourth-order valence-corrected chi connectivity index (χ4v) is 5.53. The molecular formula is C31H33Cl2N3O3. The molecule has 39 heavy (non-hydrogen) atoms. The Labute approximate surface area is 239 Å². The van der Waals surface area contributed by atoms with Gasteiger partial charge in [-0.05, 0) is 91.7 Å². The van der Waals surface area contributed by atoms with Crippen LogP contribution < -0.4 is 9.47 Å². The van der Waals surface area contributed by atoms with Gasteiger partial charge in [-0.2, -0.15) is 0 Å². The molecule has 3 aromatic carbocycles. The van der Waals surface area contributed by atoms with Crippen LogP contribution in [0.5, 0.6) is 11.5 Å². The molecule has 1 aromatic heterocycles. The minimum absolute atomic E-state index is 0.351. The van der Waals surface area contributed by atoms with E-state index in [0.29, 0.717) is 35.4 Å². The number of aromatic amines is 1. The lowest BCUT2D eigenvalue weighted by Crippen LogP contribution is -2.42. The smallest absolute Gasteiger partial charge is 0.416 e. The maximum Gasteiger partial charge on any atom is 0.416 e. The second-order valence-electron chi connectivity index (χ2n) is 9.67. The lowest BCUT2D eigenvalue weighted by molar-refractivity contribution is 0.135. The van der Waals surface area contributed by atoms with Crippen LogP contribution in [0.4, 0.5) is 4.79 Å². The number of H-pyrrole nitrogens is 1. The molecule has 8 heteroatoms. The van der Waals surface area contributed by atoms with Crippen LogP contribution in [0.1, 0.15) is 43.1 Å². The predicted molar refractivity (Wildman–Crippen MR) is 157 cm³/mol. The summed E-state index contributed by atoms with van der Waals surface area (Å²) in [5, 5.41) is 2.36. The zero-order valence-electron chi connectivity index (χ0n) is 22.3. The van der Waals surface area contributed by atoms with Gasteiger partial charge in [0.25, 0.3) is 0 Å². The highest BCUT2D eigenvalue weighted by Crippen LogP contribution is 2.40. The molecular weight excluding hydrogens is 533 g/mol. The Kier molecular flexibility index (Phi) is 8.66. The van der Waals surface area contributed by atoms with Crippen LogP contribution in [-0.4, -0.2) is 53.7 Å². The molecule has 0 saturated heterocycles. The fraction of sp³-hybridized carbons (Fsp3) is 0.323. The van der Waals surface area contributed by atoms with Gasteiger partial charge in [0.15, 0.2) is 0 Å². The second-order valence-corrected chi connectivity index (χ2v) is 10.5. The van der Waals surface area contributed by atoms with Crippen LogP contribution in [0, 0.1) is 0 Å². The van der Waals surface area contributed by atoms with E-state index < -0.39 is 6.09 Å². The van der Waals surface area contributed by atoms with E-state index in [9.17, 15) is 4.79 Å². The SMILES string of the molecule is CCN(CC)CCCOc1ccc(C2c3[nH]c4ccc(Cl)cc4c3CCN2C(=O)Oc2ccc(Cl)cc2)cc1. The average Bonchev–Trinajstić information content (AvgIpc) is 3.32. The van der Waals surface area contributed by atoms with Crippen molar-refractivity contribution >= 4 is 40.2 Å². The molecule has 0 bridgehead atoms. The maximum absolute atomic E-state index is 13.5. The summed E-state index contributed by atoms with van der Waals surface area (Å²) in [5.74, 6) is 1.26. The van der Waals surface area contributed by atoms with Crippen molar-refractivity contribution in [2.24, 2.45) is 0 Å². The molecule has 1 unspecified atom stereocenters. The van der Waals surface area contributed by atoms with E-state index in [0.717, 1.165) is 54.0 Å². The van der Waals surface area contributed by atoms with Crippen LogP contribution in [-0.2, 0) is 6.42 Å². The van der Waals surface area contributed by atoms with Crippen LogP contribution in [0.25, 0.3) is 10.9 Å². The number of halogens is 2. The summed E-state index contributed by atoms with van der Waals surface area (Å²) in [5.41, 5.74) is 4.11. The van der Waals surface area contributed by atoms with Crippen LogP contribution in [0.2, 0.25) is 10.0 Å². The highest BCUT2D eigenvalue weighted by molar-refractivity contribution is 6.31. The summed E-state index contributed by atoms with van der Waals surface area (Å²) >= 11 is 12.3. The minimum atomic E-state index is -0.415. The van der Waals surface area contributed by atoms with Crippen molar-refractivity contribution < 1.29 is 14.3 Å². The van der Waals surface area contributed by atoms with Gasteiger partial charge in [-0.25, -0.2) is 4.79 Å². The first kappa shape index (κ1) is 27.4. The molecule has 2 heterocycles. The van der Waals surface area contributed by atoms with Gasteiger partial charge in [0.2, 0.25) is 0 Å². The summed E-state index contributed by atoms with van der Waals surface area (Å²) in [6.45, 7) is 8.63. The summed E-state index contributed by atoms with van der Waals surface area (Å²) in [7, 11) is 0. The monoisotopic (exact) mass is 565 g/mol. The van der Waals surface area contributed by atoms with Crippen LogP contribution >= 0.6 is 23.2 Å². The van der Waals surface area contributed by atoms with E-state index in [1.54, 1.807) is 29.2 Å².